The second-order valence-corrected chi connectivity index (χ2v) is 15.0. The summed E-state index contributed by atoms with van der Waals surface area (Å²) in [6.07, 6.45) is -4.14. The van der Waals surface area contributed by atoms with Crippen LogP contribution < -0.4 is 14.5 Å². The summed E-state index contributed by atoms with van der Waals surface area (Å²) in [4.78, 5) is 45.1. The van der Waals surface area contributed by atoms with Gasteiger partial charge in [-0.15, -0.1) is 11.8 Å². The van der Waals surface area contributed by atoms with E-state index in [9.17, 15) is 27.6 Å². The molecule has 2 bridgehead atoms. The van der Waals surface area contributed by atoms with Crippen LogP contribution in [0.15, 0.2) is 76.6 Å². The highest BCUT2D eigenvalue weighted by Crippen LogP contribution is 2.69. The number of nitrogens with zero attached hydrogens (tertiary/aromatic N) is 1. The van der Waals surface area contributed by atoms with Gasteiger partial charge in [-0.05, 0) is 72.6 Å². The highest BCUT2D eigenvalue weighted by atomic mass is 35.5. The van der Waals surface area contributed by atoms with Crippen LogP contribution in [0, 0.1) is 36.5 Å². The number of H-pyrrole nitrogens is 1. The second-order valence-electron chi connectivity index (χ2n) is 12.4. The number of aromatic nitrogens is 1. The number of carbonyl (C=O) groups excluding carboxylic acids is 2. The molecule has 2 saturated carbocycles. The van der Waals surface area contributed by atoms with Crippen molar-refractivity contribution in [1.82, 2.24) is 4.98 Å². The summed E-state index contributed by atoms with van der Waals surface area (Å²) in [6, 6.07) is 18.1. The molecule has 3 heterocycles. The van der Waals surface area contributed by atoms with Crippen molar-refractivity contribution in [2.75, 3.05) is 4.90 Å². The lowest BCUT2D eigenvalue weighted by molar-refractivity contribution is -0.137. The summed E-state index contributed by atoms with van der Waals surface area (Å²) in [5.74, 6) is -3.13. The summed E-state index contributed by atoms with van der Waals surface area (Å²) < 4.78 is 48.4. The van der Waals surface area contributed by atoms with E-state index in [0.29, 0.717) is 28.8 Å². The molecule has 4 aromatic rings. The second kappa shape index (κ2) is 10.7. The number of carbonyl (C=O) groups is 2. The third-order valence-electron chi connectivity index (χ3n) is 10.1. The number of nitrogens with one attached hydrogen (secondary N) is 1. The minimum atomic E-state index is -4.73. The standard InChI is InChI=1S/C34H26ClF3N2O4S2/c1-15-6-2-3-7-16(15)14-44-23-11-10-17(35)12-18(23)24-25-19-13-20(28(25)45-30-29(24)46-33(43)39-30)27-26(19)31(41)40(32(27)42)22-9-5-4-8-21(22)34(36,37)38/h2-12,19-20,24-28H,13-14H2,1H3,(H,39,43)/t19?,20?,24-,25?,26?,27?,28?/m1/s1. The van der Waals surface area contributed by atoms with Crippen molar-refractivity contribution in [2.24, 2.45) is 29.6 Å². The molecule has 2 aliphatic heterocycles. The SMILES string of the molecule is Cc1ccccc1COc1ccc(Cl)cc1[C@H]1c2sc(=O)[nH]c2SC2C3CC(C4C(=O)N(c5ccccc5C(F)(F)F)C(=O)C34)C21. The number of ether oxygens (including phenoxy) is 1. The smallest absolute Gasteiger partial charge is 0.418 e. The zero-order valence-electron chi connectivity index (χ0n) is 24.2. The maximum atomic E-state index is 14.1. The van der Waals surface area contributed by atoms with Crippen molar-refractivity contribution in [3.05, 3.63) is 109 Å². The largest absolute Gasteiger partial charge is 0.489 e. The number of benzene rings is 3. The number of halogens is 4. The predicted octanol–water partition coefficient (Wildman–Crippen LogP) is 7.67. The summed E-state index contributed by atoms with van der Waals surface area (Å²) >= 11 is 9.20. The number of para-hydroxylation sites is 1. The zero-order valence-corrected chi connectivity index (χ0v) is 26.6. The Balaban J connectivity index is 1.21. The number of hydrogen-bond acceptors (Lipinski definition) is 6. The van der Waals surface area contributed by atoms with Crippen molar-refractivity contribution in [2.45, 2.75) is 42.3 Å². The maximum absolute atomic E-state index is 14.1. The lowest BCUT2D eigenvalue weighted by Gasteiger charge is -2.43. The third-order valence-corrected chi connectivity index (χ3v) is 12.9. The minimum absolute atomic E-state index is 0.147. The van der Waals surface area contributed by atoms with Crippen molar-refractivity contribution in [1.29, 1.82) is 0 Å². The molecule has 7 atom stereocenters. The Hall–Kier alpha value is -3.54. The Kier molecular flexibility index (Phi) is 6.97. The highest BCUT2D eigenvalue weighted by Gasteiger charge is 2.70. The number of hydrogen-bond donors (Lipinski definition) is 1. The monoisotopic (exact) mass is 682 g/mol. The van der Waals surface area contributed by atoms with Gasteiger partial charge in [0.1, 0.15) is 12.4 Å². The fourth-order valence-corrected chi connectivity index (χ4v) is 11.4. The molecule has 0 radical (unpaired) electrons. The first-order valence-corrected chi connectivity index (χ1v) is 17.0. The number of aryl methyl sites for hydroxylation is 1. The van der Waals surface area contributed by atoms with Gasteiger partial charge in [0.05, 0.1) is 28.1 Å². The van der Waals surface area contributed by atoms with E-state index in [-0.39, 0.29) is 33.8 Å². The lowest BCUT2D eigenvalue weighted by atomic mass is 9.68. The normalized spacial score (nSPS) is 27.9. The zero-order chi connectivity index (χ0) is 32.1. The fourth-order valence-electron chi connectivity index (χ4n) is 8.33. The number of alkyl halides is 3. The average molecular weight is 683 g/mol. The average Bonchev–Trinajstić information content (AvgIpc) is 3.75. The minimum Gasteiger partial charge on any atom is -0.489 e. The van der Waals surface area contributed by atoms with E-state index in [4.69, 9.17) is 16.3 Å². The third kappa shape index (κ3) is 4.49. The van der Waals surface area contributed by atoms with E-state index in [2.05, 4.69) is 4.98 Å². The van der Waals surface area contributed by atoms with Crippen LogP contribution in [0.5, 0.6) is 5.75 Å². The first-order chi connectivity index (χ1) is 22.0. The number of aromatic amines is 1. The van der Waals surface area contributed by atoms with Gasteiger partial charge in [0.15, 0.2) is 0 Å². The van der Waals surface area contributed by atoms with Gasteiger partial charge in [0.2, 0.25) is 11.8 Å². The summed E-state index contributed by atoms with van der Waals surface area (Å²) in [6.45, 7) is 2.32. The highest BCUT2D eigenvalue weighted by molar-refractivity contribution is 8.00. The van der Waals surface area contributed by atoms with Crippen molar-refractivity contribution in [3.63, 3.8) is 0 Å². The predicted molar refractivity (Wildman–Crippen MR) is 169 cm³/mol. The van der Waals surface area contributed by atoms with Crippen LogP contribution >= 0.6 is 34.7 Å². The molecule has 12 heteroatoms. The first-order valence-electron chi connectivity index (χ1n) is 14.9. The quantitative estimate of drug-likeness (QED) is 0.219. The Bertz CT molecular complexity index is 1980. The van der Waals surface area contributed by atoms with Gasteiger partial charge in [0.25, 0.3) is 0 Å². The van der Waals surface area contributed by atoms with E-state index >= 15 is 0 Å². The first kappa shape index (κ1) is 29.8. The number of rotatable bonds is 5. The molecule has 6 unspecified atom stereocenters. The molecule has 2 amide bonds. The summed E-state index contributed by atoms with van der Waals surface area (Å²) in [7, 11) is 0. The van der Waals surface area contributed by atoms with Crippen LogP contribution in [-0.4, -0.2) is 22.0 Å². The van der Waals surface area contributed by atoms with E-state index in [1.807, 2.05) is 43.3 Å². The lowest BCUT2D eigenvalue weighted by Crippen LogP contribution is -2.42. The van der Waals surface area contributed by atoms with Crippen molar-refractivity contribution >= 4 is 52.2 Å². The fraction of sp³-hybridized carbons (Fsp3) is 0.324. The molecule has 4 aliphatic rings. The molecule has 3 aromatic carbocycles. The van der Waals surface area contributed by atoms with Gasteiger partial charge in [-0.2, -0.15) is 13.2 Å². The molecule has 3 fully saturated rings. The van der Waals surface area contributed by atoms with Crippen LogP contribution in [0.3, 0.4) is 0 Å². The molecule has 1 aromatic heterocycles. The topological polar surface area (TPSA) is 79.5 Å². The molecule has 0 spiro atoms. The van der Waals surface area contributed by atoms with Crippen LogP contribution in [0.1, 0.15) is 39.5 Å². The van der Waals surface area contributed by atoms with Gasteiger partial charge >= 0.3 is 11.0 Å². The molecular weight excluding hydrogens is 657 g/mol. The number of anilines is 1. The Labute approximate surface area is 274 Å². The van der Waals surface area contributed by atoms with Gasteiger partial charge in [-0.1, -0.05) is 59.3 Å². The molecule has 46 heavy (non-hydrogen) atoms. The summed E-state index contributed by atoms with van der Waals surface area (Å²) in [5, 5.41) is 1.05. The molecule has 8 rings (SSSR count). The Morgan fingerprint density at radius 1 is 0.978 bits per heavy atom. The van der Waals surface area contributed by atoms with E-state index < -0.39 is 41.1 Å². The number of thioether (sulfide) groups is 1. The van der Waals surface area contributed by atoms with Gasteiger partial charge in [-0.25, -0.2) is 4.90 Å². The van der Waals surface area contributed by atoms with Crippen LogP contribution in [0.2, 0.25) is 5.02 Å². The van der Waals surface area contributed by atoms with Gasteiger partial charge in [0, 0.05) is 26.6 Å². The van der Waals surface area contributed by atoms with Gasteiger partial charge in [-0.3, -0.25) is 14.4 Å². The van der Waals surface area contributed by atoms with Crippen LogP contribution in [-0.2, 0) is 22.4 Å². The van der Waals surface area contributed by atoms with E-state index in [0.717, 1.165) is 43.9 Å². The molecule has 1 saturated heterocycles. The van der Waals surface area contributed by atoms with E-state index in [1.165, 1.54) is 30.0 Å². The Morgan fingerprint density at radius 2 is 1.70 bits per heavy atom. The van der Waals surface area contributed by atoms with Crippen molar-refractivity contribution < 1.29 is 27.5 Å². The molecule has 6 nitrogen and oxygen atoms in total. The van der Waals surface area contributed by atoms with Crippen LogP contribution in [0.4, 0.5) is 18.9 Å². The van der Waals surface area contributed by atoms with Gasteiger partial charge < -0.3 is 9.72 Å². The number of amides is 2. The molecule has 1 N–H and O–H groups in total. The van der Waals surface area contributed by atoms with Crippen molar-refractivity contribution in [3.8, 4) is 5.75 Å². The van der Waals surface area contributed by atoms with E-state index in [1.54, 1.807) is 6.07 Å². The molecule has 236 valence electrons. The molecule has 2 aliphatic carbocycles. The number of imide groups is 1. The number of thiazole rings is 1. The Morgan fingerprint density at radius 3 is 2.46 bits per heavy atom. The van der Waals surface area contributed by atoms with Crippen LogP contribution in [0.25, 0.3) is 0 Å². The number of fused-ring (bicyclic) bond motifs is 9. The maximum Gasteiger partial charge on any atom is 0.418 e. The molecular formula is C34H26ClF3N2O4S2. The summed E-state index contributed by atoms with van der Waals surface area (Å²) in [5.41, 5.74) is 1.45.